The lowest BCUT2D eigenvalue weighted by atomic mass is 10.1. The molecule has 1 aliphatic rings. The van der Waals surface area contributed by atoms with E-state index < -0.39 is 0 Å². The Morgan fingerprint density at radius 3 is 2.27 bits per heavy atom. The molecule has 7 nitrogen and oxygen atoms in total. The summed E-state index contributed by atoms with van der Waals surface area (Å²) in [5.74, 6) is 1.73. The molecule has 0 N–H and O–H groups in total. The number of carbonyl (C=O) groups is 2. The Hall–Kier alpha value is -3.91. The Bertz CT molecular complexity index is 1420. The first-order chi connectivity index (χ1) is 19.5. The quantitative estimate of drug-likeness (QED) is 0.195. The van der Waals surface area contributed by atoms with Gasteiger partial charge in [0.05, 0.1) is 0 Å². The Labute approximate surface area is 240 Å². The second-order valence-corrected chi connectivity index (χ2v) is 11.1. The highest BCUT2D eigenvalue weighted by Gasteiger charge is 2.30. The van der Waals surface area contributed by atoms with E-state index in [-0.39, 0.29) is 17.9 Å². The summed E-state index contributed by atoms with van der Waals surface area (Å²) >= 11 is 1.62. The smallest absolute Gasteiger partial charge is 0.254 e. The molecule has 1 saturated heterocycles. The van der Waals surface area contributed by atoms with Crippen molar-refractivity contribution in [2.75, 3.05) is 25.4 Å². The molecule has 8 heteroatoms. The third-order valence-corrected chi connectivity index (χ3v) is 8.31. The second-order valence-electron chi connectivity index (χ2n) is 10.0. The van der Waals surface area contributed by atoms with Gasteiger partial charge in [-0.2, -0.15) is 0 Å². The summed E-state index contributed by atoms with van der Waals surface area (Å²) < 4.78 is 2.08. The molecule has 4 aromatic rings. The number of rotatable bonds is 9. The minimum atomic E-state index is -0.0220. The molecular weight excluding hydrogens is 518 g/mol. The van der Waals surface area contributed by atoms with E-state index in [9.17, 15) is 9.59 Å². The van der Waals surface area contributed by atoms with Crippen LogP contribution in [0.2, 0.25) is 0 Å². The Morgan fingerprint density at radius 2 is 1.60 bits per heavy atom. The first-order valence-electron chi connectivity index (χ1n) is 13.9. The number of aryl methyl sites for hydroxylation is 1. The van der Waals surface area contributed by atoms with E-state index in [1.54, 1.807) is 11.8 Å². The number of hydrogen-bond donors (Lipinski definition) is 0. The fourth-order valence-corrected chi connectivity index (χ4v) is 5.92. The van der Waals surface area contributed by atoms with E-state index in [2.05, 4.69) is 33.8 Å². The molecule has 2 amide bonds. The van der Waals surface area contributed by atoms with E-state index in [0.29, 0.717) is 31.6 Å². The summed E-state index contributed by atoms with van der Waals surface area (Å²) in [6.07, 6.45) is 2.16. The average Bonchev–Trinajstić information content (AvgIpc) is 3.43. The van der Waals surface area contributed by atoms with Gasteiger partial charge in [0.25, 0.3) is 5.91 Å². The Kier molecular flexibility index (Phi) is 8.96. The third kappa shape index (κ3) is 6.28. The molecule has 3 aromatic carbocycles. The topological polar surface area (TPSA) is 71.3 Å². The number of para-hydroxylation sites is 1. The van der Waals surface area contributed by atoms with Crippen molar-refractivity contribution in [3.05, 3.63) is 96.1 Å². The Morgan fingerprint density at radius 1 is 0.900 bits per heavy atom. The van der Waals surface area contributed by atoms with Gasteiger partial charge in [-0.3, -0.25) is 14.2 Å². The summed E-state index contributed by atoms with van der Waals surface area (Å²) in [5, 5.41) is 9.79. The predicted octanol–water partition coefficient (Wildman–Crippen LogP) is 5.74. The van der Waals surface area contributed by atoms with Gasteiger partial charge in [-0.1, -0.05) is 79.3 Å². The minimum absolute atomic E-state index is 0.0220. The summed E-state index contributed by atoms with van der Waals surface area (Å²) in [7, 11) is 0. The van der Waals surface area contributed by atoms with Crippen LogP contribution >= 0.6 is 11.8 Å². The zero-order valence-electron chi connectivity index (χ0n) is 23.1. The van der Waals surface area contributed by atoms with Gasteiger partial charge >= 0.3 is 0 Å². The second kappa shape index (κ2) is 13.0. The molecule has 5 rings (SSSR count). The maximum absolute atomic E-state index is 13.1. The van der Waals surface area contributed by atoms with Gasteiger partial charge in [-0.05, 0) is 49.6 Å². The van der Waals surface area contributed by atoms with E-state index in [1.165, 1.54) is 5.56 Å². The van der Waals surface area contributed by atoms with Gasteiger partial charge in [0, 0.05) is 54.7 Å². The number of nitrogens with zero attached hydrogens (tertiary/aromatic N) is 5. The first-order valence-corrected chi connectivity index (χ1v) is 14.9. The number of benzene rings is 3. The minimum Gasteiger partial charge on any atom is -0.339 e. The maximum atomic E-state index is 13.1. The van der Waals surface area contributed by atoms with Crippen molar-refractivity contribution in [2.45, 2.75) is 44.3 Å². The summed E-state index contributed by atoms with van der Waals surface area (Å²) in [6.45, 7) is 5.81. The normalized spacial score (nSPS) is 15.3. The zero-order valence-corrected chi connectivity index (χ0v) is 23.9. The molecule has 0 spiro atoms. The molecule has 1 unspecified atom stereocenters. The highest BCUT2D eigenvalue weighted by Crippen LogP contribution is 2.28. The maximum Gasteiger partial charge on any atom is 0.254 e. The summed E-state index contributed by atoms with van der Waals surface area (Å²) in [4.78, 5) is 29.9. The van der Waals surface area contributed by atoms with E-state index in [4.69, 9.17) is 0 Å². The molecule has 1 aliphatic heterocycles. The molecule has 2 heterocycles. The number of carbonyl (C=O) groups excluding carboxylic acids is 2. The molecule has 1 fully saturated rings. The number of aromatic nitrogens is 3. The van der Waals surface area contributed by atoms with Crippen molar-refractivity contribution in [2.24, 2.45) is 0 Å². The average molecular weight is 554 g/mol. The van der Waals surface area contributed by atoms with Crippen LogP contribution in [0, 0.1) is 0 Å². The van der Waals surface area contributed by atoms with E-state index in [0.717, 1.165) is 40.8 Å². The number of thioether (sulfide) groups is 1. The molecule has 0 saturated carbocycles. The van der Waals surface area contributed by atoms with E-state index >= 15 is 0 Å². The highest BCUT2D eigenvalue weighted by atomic mass is 32.2. The molecular formula is C32H35N5O2S. The number of amides is 2. The molecule has 1 atom stereocenters. The lowest BCUT2D eigenvalue weighted by Gasteiger charge is -2.40. The van der Waals surface area contributed by atoms with Gasteiger partial charge < -0.3 is 9.80 Å². The van der Waals surface area contributed by atoms with Gasteiger partial charge in [-0.25, -0.2) is 0 Å². The fraction of sp³-hybridized carbons (Fsp3) is 0.312. The summed E-state index contributed by atoms with van der Waals surface area (Å²) in [5.41, 5.74) is 3.94. The number of hydrogen-bond acceptors (Lipinski definition) is 5. The van der Waals surface area contributed by atoms with Crippen LogP contribution in [-0.2, 0) is 11.2 Å². The summed E-state index contributed by atoms with van der Waals surface area (Å²) in [6, 6.07) is 28.0. The SMILES string of the molecule is CCc1ccc(C(=O)N2CCN(C(=O)CCCSc3nnc(-c4ccccc4)n3-c3ccccc3)CC2C)cc1. The van der Waals surface area contributed by atoms with Crippen molar-refractivity contribution >= 4 is 23.6 Å². The van der Waals surface area contributed by atoms with Gasteiger partial charge in [0.15, 0.2) is 11.0 Å². The van der Waals surface area contributed by atoms with Crippen LogP contribution in [0.25, 0.3) is 17.1 Å². The largest absolute Gasteiger partial charge is 0.339 e. The van der Waals surface area contributed by atoms with Crippen molar-refractivity contribution in [3.63, 3.8) is 0 Å². The van der Waals surface area contributed by atoms with Gasteiger partial charge in [0.2, 0.25) is 5.91 Å². The Balaban J connectivity index is 1.15. The van der Waals surface area contributed by atoms with Crippen LogP contribution in [0.4, 0.5) is 0 Å². The van der Waals surface area contributed by atoms with Gasteiger partial charge in [0.1, 0.15) is 0 Å². The van der Waals surface area contributed by atoms with Crippen LogP contribution in [0.15, 0.2) is 90.1 Å². The van der Waals surface area contributed by atoms with Crippen LogP contribution < -0.4 is 0 Å². The lowest BCUT2D eigenvalue weighted by molar-refractivity contribution is -0.133. The number of piperazine rings is 1. The van der Waals surface area contributed by atoms with E-state index in [1.807, 2.05) is 89.5 Å². The molecule has 40 heavy (non-hydrogen) atoms. The molecule has 0 aliphatic carbocycles. The van der Waals surface area contributed by atoms with Crippen molar-refractivity contribution in [1.29, 1.82) is 0 Å². The molecule has 0 bridgehead atoms. The van der Waals surface area contributed by atoms with Crippen molar-refractivity contribution in [3.8, 4) is 17.1 Å². The van der Waals surface area contributed by atoms with Crippen molar-refractivity contribution in [1.82, 2.24) is 24.6 Å². The third-order valence-electron chi connectivity index (χ3n) is 7.30. The first kappa shape index (κ1) is 27.6. The zero-order chi connectivity index (χ0) is 27.9. The standard InChI is InChI=1S/C32H35N5O2S/c1-3-25-16-18-27(19-17-25)31(39)36-21-20-35(23-24(36)2)29(38)15-10-22-40-32-34-33-30(26-11-6-4-7-12-26)37(32)28-13-8-5-9-14-28/h4-9,11-14,16-19,24H,3,10,15,20-23H2,1-2H3. The molecule has 0 radical (unpaired) electrons. The monoisotopic (exact) mass is 553 g/mol. The van der Waals surface area contributed by atoms with Crippen LogP contribution in [0.3, 0.4) is 0 Å². The van der Waals surface area contributed by atoms with Crippen LogP contribution in [0.5, 0.6) is 0 Å². The van der Waals surface area contributed by atoms with Crippen molar-refractivity contribution < 1.29 is 9.59 Å². The predicted molar refractivity (Wildman–Crippen MR) is 160 cm³/mol. The van der Waals surface area contributed by atoms with Gasteiger partial charge in [-0.15, -0.1) is 10.2 Å². The van der Waals surface area contributed by atoms with Crippen LogP contribution in [-0.4, -0.2) is 67.8 Å². The highest BCUT2D eigenvalue weighted by molar-refractivity contribution is 7.99. The fourth-order valence-electron chi connectivity index (χ4n) is 5.03. The lowest BCUT2D eigenvalue weighted by Crippen LogP contribution is -2.55. The van der Waals surface area contributed by atoms with Crippen LogP contribution in [0.1, 0.15) is 42.6 Å². The molecule has 1 aromatic heterocycles. The molecule has 206 valence electrons.